The maximum Gasteiger partial charge on any atom is 0.138 e. The van der Waals surface area contributed by atoms with Crippen molar-refractivity contribution < 1.29 is 4.74 Å². The first-order valence-corrected chi connectivity index (χ1v) is 22.5. The number of hydrogen-bond donors (Lipinski definition) is 0. The highest BCUT2D eigenvalue weighted by Gasteiger charge is 2.28. The van der Waals surface area contributed by atoms with Crippen LogP contribution in [0.15, 0.2) is 243 Å². The summed E-state index contributed by atoms with van der Waals surface area (Å²) in [7, 11) is 0. The first-order chi connectivity index (χ1) is 32.2. The molecule has 2 aliphatic rings. The average Bonchev–Trinajstić information content (AvgIpc) is 3.38. The van der Waals surface area contributed by atoms with E-state index >= 15 is 0 Å². The minimum absolute atomic E-state index is 0.825. The van der Waals surface area contributed by atoms with Gasteiger partial charge in [-0.25, -0.2) is 0 Å². The molecule has 0 N–H and O–H groups in total. The number of benzene rings is 10. The molecule has 0 unspecified atom stereocenters. The van der Waals surface area contributed by atoms with Crippen molar-refractivity contribution >= 4 is 61.2 Å². The Bertz CT molecular complexity index is 3430. The van der Waals surface area contributed by atoms with Gasteiger partial charge < -0.3 is 14.5 Å². The van der Waals surface area contributed by atoms with Gasteiger partial charge in [0.05, 0.1) is 11.4 Å². The summed E-state index contributed by atoms with van der Waals surface area (Å²) in [6.45, 7) is 0. The molecule has 0 fully saturated rings. The number of fused-ring (bicyclic) bond motifs is 3. The Kier molecular flexibility index (Phi) is 9.65. The molecule has 0 amide bonds. The monoisotopic (exact) mass is 832 g/mol. The Balaban J connectivity index is 0.995. The maximum absolute atomic E-state index is 7.13. The molecule has 3 nitrogen and oxygen atoms in total. The molecular formula is C62H44N2O. The van der Waals surface area contributed by atoms with Gasteiger partial charge in [-0.2, -0.15) is 0 Å². The minimum atomic E-state index is 0.825. The van der Waals surface area contributed by atoms with Gasteiger partial charge >= 0.3 is 0 Å². The Morgan fingerprint density at radius 3 is 1.58 bits per heavy atom. The molecule has 3 heteroatoms. The lowest BCUT2D eigenvalue weighted by Gasteiger charge is -2.32. The quantitative estimate of drug-likeness (QED) is 0.144. The van der Waals surface area contributed by atoms with E-state index in [0.29, 0.717) is 0 Å². The van der Waals surface area contributed by atoms with E-state index in [-0.39, 0.29) is 0 Å². The Morgan fingerprint density at radius 1 is 0.369 bits per heavy atom. The first kappa shape index (κ1) is 38.3. The van der Waals surface area contributed by atoms with Gasteiger partial charge in [0.2, 0.25) is 0 Å². The van der Waals surface area contributed by atoms with Gasteiger partial charge in [0.25, 0.3) is 0 Å². The van der Waals surface area contributed by atoms with Gasteiger partial charge in [-0.1, -0.05) is 170 Å². The zero-order valence-electron chi connectivity index (χ0n) is 35.8. The van der Waals surface area contributed by atoms with Crippen LogP contribution >= 0.6 is 0 Å². The molecule has 0 radical (unpaired) electrons. The van der Waals surface area contributed by atoms with Crippen molar-refractivity contribution in [2.75, 3.05) is 9.80 Å². The summed E-state index contributed by atoms with van der Waals surface area (Å²) in [5, 5.41) is 4.61. The van der Waals surface area contributed by atoms with Crippen LogP contribution in [0, 0.1) is 0 Å². The van der Waals surface area contributed by atoms with E-state index in [1.807, 2.05) is 0 Å². The van der Waals surface area contributed by atoms with E-state index < -0.39 is 0 Å². The van der Waals surface area contributed by atoms with Crippen molar-refractivity contribution in [3.05, 3.63) is 248 Å². The molecular weight excluding hydrogens is 789 g/mol. The number of anilines is 6. The van der Waals surface area contributed by atoms with Gasteiger partial charge in [0, 0.05) is 39.8 Å². The van der Waals surface area contributed by atoms with Gasteiger partial charge in [-0.3, -0.25) is 0 Å². The van der Waals surface area contributed by atoms with E-state index in [1.54, 1.807) is 0 Å². The molecule has 0 bridgehead atoms. The van der Waals surface area contributed by atoms with Crippen LogP contribution in [-0.2, 0) is 0 Å². The fraction of sp³-hybridized carbons (Fsp3) is 0.0323. The van der Waals surface area contributed by atoms with Crippen molar-refractivity contribution in [2.45, 2.75) is 12.8 Å². The van der Waals surface area contributed by atoms with Crippen LogP contribution in [0.1, 0.15) is 18.4 Å². The first-order valence-electron chi connectivity index (χ1n) is 22.5. The smallest absolute Gasteiger partial charge is 0.138 e. The molecule has 10 aromatic carbocycles. The standard InChI is InChI=1S/C62H44N2O/c1-4-14-43(15-5-1)47-26-33-52(34-27-47)63(55-39-32-46-20-10-11-21-50(46)40-55)56-41-51-22-12-23-57-61(51)60(42-56)65-59-25-13-24-58(62(57)59)64(53-35-28-48(29-36-53)44-16-6-2-7-17-44)54-37-30-49(31-38-54)45-18-8-3-9-19-45/h1-8,10-18,20-42H,9,19H2. The summed E-state index contributed by atoms with van der Waals surface area (Å²) in [5.41, 5.74) is 16.0. The second kappa shape index (κ2) is 16.4. The summed E-state index contributed by atoms with van der Waals surface area (Å²) in [6.07, 6.45) is 8.78. The molecule has 308 valence electrons. The second-order valence-electron chi connectivity index (χ2n) is 16.8. The molecule has 0 atom stereocenters. The molecule has 10 aromatic rings. The van der Waals surface area contributed by atoms with Crippen molar-refractivity contribution in [3.8, 4) is 44.9 Å². The Labute approximate surface area is 380 Å². The average molecular weight is 833 g/mol. The van der Waals surface area contributed by atoms with Crippen LogP contribution in [0.5, 0.6) is 11.5 Å². The molecule has 0 saturated heterocycles. The molecule has 1 aliphatic heterocycles. The molecule has 0 spiro atoms. The van der Waals surface area contributed by atoms with E-state index in [0.717, 1.165) is 80.4 Å². The van der Waals surface area contributed by atoms with Crippen LogP contribution < -0.4 is 14.5 Å². The summed E-state index contributed by atoms with van der Waals surface area (Å²) >= 11 is 0. The fourth-order valence-corrected chi connectivity index (χ4v) is 9.70. The van der Waals surface area contributed by atoms with Crippen molar-refractivity contribution in [1.29, 1.82) is 0 Å². The normalized spacial score (nSPS) is 12.6. The SMILES string of the molecule is C1=CCCC(c2ccc(N(c3ccc(-c4ccccc4)cc3)c3cccc4c3-c3cccc5cc(N(c6ccc(-c7ccccc7)cc6)c6ccc7ccccc7c6)cc(c35)O4)cc2)=C1. The lowest BCUT2D eigenvalue weighted by Crippen LogP contribution is -2.13. The van der Waals surface area contributed by atoms with Crippen LogP contribution in [0.3, 0.4) is 0 Å². The fourth-order valence-electron chi connectivity index (χ4n) is 9.70. The zero-order chi connectivity index (χ0) is 43.1. The highest BCUT2D eigenvalue weighted by molar-refractivity contribution is 6.09. The number of rotatable bonds is 9. The predicted molar refractivity (Wildman–Crippen MR) is 274 cm³/mol. The third kappa shape index (κ3) is 7.14. The van der Waals surface area contributed by atoms with Gasteiger partial charge in [0.1, 0.15) is 11.5 Å². The number of ether oxygens (including phenoxy) is 1. The molecule has 1 heterocycles. The highest BCUT2D eigenvalue weighted by atomic mass is 16.5. The van der Waals surface area contributed by atoms with E-state index in [9.17, 15) is 0 Å². The van der Waals surface area contributed by atoms with Gasteiger partial charge in [-0.15, -0.1) is 0 Å². The van der Waals surface area contributed by atoms with Gasteiger partial charge in [-0.05, 0) is 135 Å². The van der Waals surface area contributed by atoms with Crippen LogP contribution in [0.2, 0.25) is 0 Å². The lowest BCUT2D eigenvalue weighted by atomic mass is 9.92. The Morgan fingerprint density at radius 2 is 0.923 bits per heavy atom. The van der Waals surface area contributed by atoms with Crippen LogP contribution in [0.4, 0.5) is 34.1 Å². The molecule has 1 aliphatic carbocycles. The minimum Gasteiger partial charge on any atom is -0.456 e. The number of allylic oxidation sites excluding steroid dienone is 4. The topological polar surface area (TPSA) is 15.7 Å². The molecule has 12 rings (SSSR count). The van der Waals surface area contributed by atoms with E-state index in [2.05, 4.69) is 252 Å². The van der Waals surface area contributed by atoms with E-state index in [4.69, 9.17) is 4.74 Å². The summed E-state index contributed by atoms with van der Waals surface area (Å²) < 4.78 is 7.13. The van der Waals surface area contributed by atoms with Crippen molar-refractivity contribution in [3.63, 3.8) is 0 Å². The molecule has 0 aromatic heterocycles. The maximum atomic E-state index is 7.13. The predicted octanol–water partition coefficient (Wildman–Crippen LogP) is 17.8. The van der Waals surface area contributed by atoms with Gasteiger partial charge in [0.15, 0.2) is 0 Å². The van der Waals surface area contributed by atoms with Crippen LogP contribution in [0.25, 0.3) is 60.5 Å². The summed E-state index contributed by atoms with van der Waals surface area (Å²) in [5.74, 6) is 1.66. The van der Waals surface area contributed by atoms with E-state index in [1.165, 1.54) is 44.2 Å². The zero-order valence-corrected chi connectivity index (χ0v) is 35.8. The second-order valence-corrected chi connectivity index (χ2v) is 16.8. The molecule has 65 heavy (non-hydrogen) atoms. The summed E-state index contributed by atoms with van der Waals surface area (Å²) in [6, 6.07) is 80.9. The summed E-state index contributed by atoms with van der Waals surface area (Å²) in [4.78, 5) is 4.73. The van der Waals surface area contributed by atoms with Crippen molar-refractivity contribution in [2.24, 2.45) is 0 Å². The number of nitrogens with zero attached hydrogens (tertiary/aromatic N) is 2. The molecule has 0 saturated carbocycles. The Hall–Kier alpha value is -8.40. The number of hydrogen-bond acceptors (Lipinski definition) is 3. The third-order valence-corrected chi connectivity index (χ3v) is 12.9. The lowest BCUT2D eigenvalue weighted by molar-refractivity contribution is 0.487. The highest BCUT2D eigenvalue weighted by Crippen LogP contribution is 2.54. The van der Waals surface area contributed by atoms with Crippen molar-refractivity contribution in [1.82, 2.24) is 0 Å². The van der Waals surface area contributed by atoms with Crippen LogP contribution in [-0.4, -0.2) is 0 Å². The largest absolute Gasteiger partial charge is 0.456 e. The third-order valence-electron chi connectivity index (χ3n) is 12.9.